The molecule has 0 spiro atoms. The van der Waals surface area contributed by atoms with Crippen LogP contribution in [0.15, 0.2) is 0 Å². The molecule has 2 nitrogen and oxygen atoms in total. The zero-order valence-corrected chi connectivity index (χ0v) is 10.9. The highest BCUT2D eigenvalue weighted by molar-refractivity contribution is 4.89. The minimum absolute atomic E-state index is 0.458. The Morgan fingerprint density at radius 1 is 1.31 bits per heavy atom. The third-order valence-corrected chi connectivity index (χ3v) is 4.27. The molecule has 0 bridgehead atoms. The van der Waals surface area contributed by atoms with Crippen molar-refractivity contribution in [2.45, 2.75) is 58.4 Å². The first-order chi connectivity index (χ1) is 7.70. The molecular formula is C14H27NO. The minimum Gasteiger partial charge on any atom is -0.381 e. The molecule has 0 aromatic carbocycles. The smallest absolute Gasteiger partial charge is 0.0535 e. The SMILES string of the molecule is CC(C)NCC1(CC2CCCC2)CCOC1. The molecule has 1 aliphatic heterocycles. The van der Waals surface area contributed by atoms with Gasteiger partial charge in [-0.25, -0.2) is 0 Å². The second kappa shape index (κ2) is 5.50. The van der Waals surface area contributed by atoms with Crippen LogP contribution in [-0.2, 0) is 4.74 Å². The van der Waals surface area contributed by atoms with Gasteiger partial charge >= 0.3 is 0 Å². The normalized spacial score (nSPS) is 31.7. The number of rotatable bonds is 5. The Bertz CT molecular complexity index is 203. The summed E-state index contributed by atoms with van der Waals surface area (Å²) < 4.78 is 5.66. The molecule has 2 rings (SSSR count). The number of nitrogens with one attached hydrogen (secondary N) is 1. The van der Waals surface area contributed by atoms with E-state index < -0.39 is 0 Å². The third kappa shape index (κ3) is 3.21. The second-order valence-corrected chi connectivity index (χ2v) is 6.19. The van der Waals surface area contributed by atoms with Crippen molar-refractivity contribution in [1.29, 1.82) is 0 Å². The van der Waals surface area contributed by atoms with E-state index in [1.165, 1.54) is 38.5 Å². The molecule has 1 heterocycles. The summed E-state index contributed by atoms with van der Waals surface area (Å²) in [6.45, 7) is 7.59. The van der Waals surface area contributed by atoms with Gasteiger partial charge in [0, 0.05) is 24.6 Å². The summed E-state index contributed by atoms with van der Waals surface area (Å²) in [7, 11) is 0. The van der Waals surface area contributed by atoms with Crippen LogP contribution in [0.3, 0.4) is 0 Å². The molecule has 1 unspecified atom stereocenters. The van der Waals surface area contributed by atoms with Crippen molar-refractivity contribution < 1.29 is 4.74 Å². The molecular weight excluding hydrogens is 198 g/mol. The topological polar surface area (TPSA) is 21.3 Å². The molecule has 1 saturated carbocycles. The molecule has 94 valence electrons. The highest BCUT2D eigenvalue weighted by atomic mass is 16.5. The van der Waals surface area contributed by atoms with Gasteiger partial charge in [-0.15, -0.1) is 0 Å². The molecule has 1 saturated heterocycles. The molecule has 16 heavy (non-hydrogen) atoms. The zero-order valence-electron chi connectivity index (χ0n) is 10.9. The highest BCUT2D eigenvalue weighted by Gasteiger charge is 2.37. The van der Waals surface area contributed by atoms with Gasteiger partial charge in [0.2, 0.25) is 0 Å². The van der Waals surface area contributed by atoms with Crippen molar-refractivity contribution in [2.24, 2.45) is 11.3 Å². The van der Waals surface area contributed by atoms with E-state index in [0.717, 1.165) is 25.7 Å². The van der Waals surface area contributed by atoms with Crippen LogP contribution in [0.1, 0.15) is 52.4 Å². The van der Waals surface area contributed by atoms with E-state index in [1.807, 2.05) is 0 Å². The molecule has 1 atom stereocenters. The monoisotopic (exact) mass is 225 g/mol. The van der Waals surface area contributed by atoms with Gasteiger partial charge in [-0.05, 0) is 18.8 Å². The quantitative estimate of drug-likeness (QED) is 0.776. The maximum atomic E-state index is 5.66. The molecule has 2 aliphatic rings. The molecule has 0 aromatic heterocycles. The first-order valence-corrected chi connectivity index (χ1v) is 7.01. The van der Waals surface area contributed by atoms with Gasteiger partial charge in [-0.1, -0.05) is 39.5 Å². The fourth-order valence-corrected chi connectivity index (χ4v) is 3.27. The first kappa shape index (κ1) is 12.4. The van der Waals surface area contributed by atoms with Gasteiger partial charge in [0.25, 0.3) is 0 Å². The fraction of sp³-hybridized carbons (Fsp3) is 1.00. The largest absolute Gasteiger partial charge is 0.381 e. The summed E-state index contributed by atoms with van der Waals surface area (Å²) in [5.41, 5.74) is 0.458. The molecule has 1 N–H and O–H groups in total. The summed E-state index contributed by atoms with van der Waals surface area (Å²) in [5.74, 6) is 0.982. The van der Waals surface area contributed by atoms with E-state index in [4.69, 9.17) is 4.74 Å². The maximum Gasteiger partial charge on any atom is 0.0535 e. The van der Waals surface area contributed by atoms with Crippen molar-refractivity contribution in [1.82, 2.24) is 5.32 Å². The molecule has 1 aliphatic carbocycles. The van der Waals surface area contributed by atoms with Crippen molar-refractivity contribution in [2.75, 3.05) is 19.8 Å². The van der Waals surface area contributed by atoms with Gasteiger partial charge in [-0.3, -0.25) is 0 Å². The van der Waals surface area contributed by atoms with Crippen LogP contribution in [0.25, 0.3) is 0 Å². The molecule has 0 radical (unpaired) electrons. The van der Waals surface area contributed by atoms with Gasteiger partial charge < -0.3 is 10.1 Å². The standard InChI is InChI=1S/C14H27NO/c1-12(2)15-10-14(7-8-16-11-14)9-13-5-3-4-6-13/h12-13,15H,3-11H2,1-2H3. The first-order valence-electron chi connectivity index (χ1n) is 7.01. The number of hydrogen-bond acceptors (Lipinski definition) is 2. The van der Waals surface area contributed by atoms with Crippen LogP contribution in [0.4, 0.5) is 0 Å². The van der Waals surface area contributed by atoms with Crippen molar-refractivity contribution >= 4 is 0 Å². The Labute approximate surface area is 100 Å². The Morgan fingerprint density at radius 2 is 2.06 bits per heavy atom. The molecule has 0 amide bonds. The Balaban J connectivity index is 1.86. The minimum atomic E-state index is 0.458. The van der Waals surface area contributed by atoms with Crippen LogP contribution < -0.4 is 5.32 Å². The Hall–Kier alpha value is -0.0800. The van der Waals surface area contributed by atoms with Crippen molar-refractivity contribution in [3.8, 4) is 0 Å². The summed E-state index contributed by atoms with van der Waals surface area (Å²) >= 11 is 0. The average molecular weight is 225 g/mol. The van der Waals surface area contributed by atoms with Crippen LogP contribution in [0.2, 0.25) is 0 Å². The Kier molecular flexibility index (Phi) is 4.26. The molecule has 2 fully saturated rings. The van der Waals surface area contributed by atoms with E-state index in [-0.39, 0.29) is 0 Å². The van der Waals surface area contributed by atoms with Gasteiger partial charge in [-0.2, -0.15) is 0 Å². The van der Waals surface area contributed by atoms with Gasteiger partial charge in [0.1, 0.15) is 0 Å². The lowest BCUT2D eigenvalue weighted by Gasteiger charge is -2.31. The molecule has 0 aromatic rings. The lowest BCUT2D eigenvalue weighted by molar-refractivity contribution is 0.129. The van der Waals surface area contributed by atoms with E-state index in [9.17, 15) is 0 Å². The Morgan fingerprint density at radius 3 is 2.62 bits per heavy atom. The third-order valence-electron chi connectivity index (χ3n) is 4.27. The second-order valence-electron chi connectivity index (χ2n) is 6.19. The predicted octanol–water partition coefficient (Wildman–Crippen LogP) is 2.97. The van der Waals surface area contributed by atoms with Gasteiger partial charge in [0.05, 0.1) is 6.61 Å². The average Bonchev–Trinajstić information content (AvgIpc) is 2.88. The summed E-state index contributed by atoms with van der Waals surface area (Å²) in [6, 6.07) is 0.598. The van der Waals surface area contributed by atoms with Crippen molar-refractivity contribution in [3.05, 3.63) is 0 Å². The van der Waals surface area contributed by atoms with E-state index in [0.29, 0.717) is 11.5 Å². The van der Waals surface area contributed by atoms with E-state index in [2.05, 4.69) is 19.2 Å². The van der Waals surface area contributed by atoms with Crippen LogP contribution in [-0.4, -0.2) is 25.8 Å². The predicted molar refractivity (Wildman–Crippen MR) is 67.6 cm³/mol. The van der Waals surface area contributed by atoms with Crippen molar-refractivity contribution in [3.63, 3.8) is 0 Å². The van der Waals surface area contributed by atoms with E-state index >= 15 is 0 Å². The fourth-order valence-electron chi connectivity index (χ4n) is 3.27. The summed E-state index contributed by atoms with van der Waals surface area (Å²) in [6.07, 6.45) is 8.50. The maximum absolute atomic E-state index is 5.66. The van der Waals surface area contributed by atoms with Crippen LogP contribution in [0, 0.1) is 11.3 Å². The zero-order chi connectivity index (χ0) is 11.4. The summed E-state index contributed by atoms with van der Waals surface area (Å²) in [5, 5.41) is 3.62. The highest BCUT2D eigenvalue weighted by Crippen LogP contribution is 2.40. The van der Waals surface area contributed by atoms with Crippen LogP contribution >= 0.6 is 0 Å². The number of ether oxygens (including phenoxy) is 1. The number of hydrogen-bond donors (Lipinski definition) is 1. The molecule has 2 heteroatoms. The van der Waals surface area contributed by atoms with Gasteiger partial charge in [0.15, 0.2) is 0 Å². The van der Waals surface area contributed by atoms with Crippen LogP contribution in [0.5, 0.6) is 0 Å². The summed E-state index contributed by atoms with van der Waals surface area (Å²) in [4.78, 5) is 0. The lowest BCUT2D eigenvalue weighted by Crippen LogP contribution is -2.39. The lowest BCUT2D eigenvalue weighted by atomic mass is 9.77. The van der Waals surface area contributed by atoms with E-state index in [1.54, 1.807) is 0 Å².